The molecule has 2 aromatic rings. The number of amides is 2. The summed E-state index contributed by atoms with van der Waals surface area (Å²) in [6.07, 6.45) is 1.27. The van der Waals surface area contributed by atoms with Crippen LogP contribution < -0.4 is 10.1 Å². The minimum atomic E-state index is -0.440. The number of benzene rings is 2. The van der Waals surface area contributed by atoms with E-state index in [1.807, 2.05) is 24.3 Å². The summed E-state index contributed by atoms with van der Waals surface area (Å²) in [6.45, 7) is 0.561. The average molecular weight is 378 g/mol. The van der Waals surface area contributed by atoms with Crippen molar-refractivity contribution in [1.29, 1.82) is 0 Å². The Hall–Kier alpha value is -2.99. The van der Waals surface area contributed by atoms with Gasteiger partial charge in [-0.15, -0.1) is 0 Å². The molecule has 6 nitrogen and oxygen atoms in total. The molecule has 0 spiro atoms. The number of rotatable bonds is 5. The van der Waals surface area contributed by atoms with Crippen LogP contribution in [0.15, 0.2) is 48.5 Å². The maximum absolute atomic E-state index is 13.0. The molecule has 2 aromatic carbocycles. The predicted molar refractivity (Wildman–Crippen MR) is 103 cm³/mol. The highest BCUT2D eigenvalue weighted by Crippen LogP contribution is 2.29. The van der Waals surface area contributed by atoms with Crippen LogP contribution in [0.4, 0.5) is 0 Å². The molecule has 6 heteroatoms. The van der Waals surface area contributed by atoms with Crippen LogP contribution in [0.25, 0.3) is 0 Å². The molecule has 0 aromatic heterocycles. The van der Waals surface area contributed by atoms with E-state index in [1.165, 1.54) is 4.90 Å². The summed E-state index contributed by atoms with van der Waals surface area (Å²) in [6, 6.07) is 13.7. The van der Waals surface area contributed by atoms with Crippen molar-refractivity contribution >= 4 is 17.6 Å². The van der Waals surface area contributed by atoms with Gasteiger partial charge in [0.2, 0.25) is 0 Å². The number of piperidine rings is 1. The molecular formula is C22H22N2O4. The molecule has 0 radical (unpaired) electrons. The van der Waals surface area contributed by atoms with Crippen LogP contribution in [0.1, 0.15) is 39.1 Å². The van der Waals surface area contributed by atoms with Gasteiger partial charge in [0.1, 0.15) is 11.5 Å². The van der Waals surface area contributed by atoms with Crippen LogP contribution in [0.3, 0.4) is 0 Å². The average Bonchev–Trinajstić information content (AvgIpc) is 2.97. The van der Waals surface area contributed by atoms with Gasteiger partial charge in [-0.1, -0.05) is 24.3 Å². The van der Waals surface area contributed by atoms with Crippen LogP contribution in [0.5, 0.6) is 5.75 Å². The number of carbonyl (C=O) groups excluding carboxylic acids is 3. The van der Waals surface area contributed by atoms with E-state index in [2.05, 4.69) is 5.32 Å². The van der Waals surface area contributed by atoms with E-state index in [1.54, 1.807) is 31.4 Å². The first-order chi connectivity index (χ1) is 13.6. The van der Waals surface area contributed by atoms with Crippen molar-refractivity contribution < 1.29 is 19.1 Å². The van der Waals surface area contributed by atoms with E-state index >= 15 is 0 Å². The van der Waals surface area contributed by atoms with Crippen LogP contribution >= 0.6 is 0 Å². The molecule has 0 bridgehead atoms. The summed E-state index contributed by atoms with van der Waals surface area (Å²) >= 11 is 0. The molecule has 2 heterocycles. The largest absolute Gasteiger partial charge is 0.497 e. The third-order valence-electron chi connectivity index (χ3n) is 5.48. The lowest BCUT2D eigenvalue weighted by Crippen LogP contribution is -2.56. The lowest BCUT2D eigenvalue weighted by molar-refractivity contribution is -0.121. The summed E-state index contributed by atoms with van der Waals surface area (Å²) in [5.41, 5.74) is 1.82. The SMILES string of the molecule is COc1ccc(CC(C2CC(=O)CCN2)N2C(=O)c3ccccc3C2=O)cc1. The Morgan fingerprint density at radius 1 is 1.04 bits per heavy atom. The van der Waals surface area contributed by atoms with Crippen LogP contribution in [0, 0.1) is 0 Å². The predicted octanol–water partition coefficient (Wildman–Crippen LogP) is 2.22. The zero-order valence-electron chi connectivity index (χ0n) is 15.7. The van der Waals surface area contributed by atoms with Gasteiger partial charge in [0.15, 0.2) is 0 Å². The zero-order chi connectivity index (χ0) is 19.7. The van der Waals surface area contributed by atoms with Gasteiger partial charge in [-0.3, -0.25) is 19.3 Å². The highest BCUT2D eigenvalue weighted by Gasteiger charge is 2.43. The lowest BCUT2D eigenvalue weighted by atomic mass is 9.91. The van der Waals surface area contributed by atoms with Crippen molar-refractivity contribution in [2.75, 3.05) is 13.7 Å². The lowest BCUT2D eigenvalue weighted by Gasteiger charge is -2.36. The third kappa shape index (κ3) is 3.31. The van der Waals surface area contributed by atoms with E-state index in [-0.39, 0.29) is 23.6 Å². The number of hydrogen-bond acceptors (Lipinski definition) is 5. The Kier molecular flexibility index (Phi) is 4.96. The van der Waals surface area contributed by atoms with Gasteiger partial charge >= 0.3 is 0 Å². The summed E-state index contributed by atoms with van der Waals surface area (Å²) < 4.78 is 5.21. The third-order valence-corrected chi connectivity index (χ3v) is 5.48. The fourth-order valence-electron chi connectivity index (χ4n) is 4.01. The number of methoxy groups -OCH3 is 1. The highest BCUT2D eigenvalue weighted by atomic mass is 16.5. The summed E-state index contributed by atoms with van der Waals surface area (Å²) in [4.78, 5) is 39.5. The summed E-state index contributed by atoms with van der Waals surface area (Å²) in [7, 11) is 1.61. The number of nitrogens with zero attached hydrogens (tertiary/aromatic N) is 1. The fourth-order valence-corrected chi connectivity index (χ4v) is 4.01. The molecule has 0 saturated carbocycles. The molecule has 1 N–H and O–H groups in total. The maximum Gasteiger partial charge on any atom is 0.261 e. The van der Waals surface area contributed by atoms with Crippen molar-refractivity contribution in [3.8, 4) is 5.75 Å². The van der Waals surface area contributed by atoms with Gasteiger partial charge in [-0.05, 0) is 36.2 Å². The Balaban J connectivity index is 1.67. The maximum atomic E-state index is 13.0. The number of nitrogens with one attached hydrogen (secondary N) is 1. The molecule has 1 fully saturated rings. The number of imide groups is 1. The first-order valence-electron chi connectivity index (χ1n) is 9.43. The Bertz CT molecular complexity index is 887. The minimum Gasteiger partial charge on any atom is -0.497 e. The fraction of sp³-hybridized carbons (Fsp3) is 0.318. The number of ether oxygens (including phenoxy) is 1. The molecule has 2 aliphatic rings. The molecule has 2 aliphatic heterocycles. The van der Waals surface area contributed by atoms with Gasteiger partial charge < -0.3 is 10.1 Å². The molecule has 4 rings (SSSR count). The molecule has 1 saturated heterocycles. The summed E-state index contributed by atoms with van der Waals surface area (Å²) in [5.74, 6) is 0.310. The van der Waals surface area contributed by atoms with Crippen molar-refractivity contribution in [3.63, 3.8) is 0 Å². The Labute approximate surface area is 163 Å². The zero-order valence-corrected chi connectivity index (χ0v) is 15.7. The Morgan fingerprint density at radius 3 is 2.25 bits per heavy atom. The second kappa shape index (κ2) is 7.56. The standard InChI is InChI=1S/C22H22N2O4/c1-28-16-8-6-14(7-9-16)12-20(19-13-15(25)10-11-23-19)24-21(26)17-4-2-3-5-18(17)22(24)27/h2-9,19-20,23H,10-13H2,1H3. The van der Waals surface area contributed by atoms with Crippen LogP contribution in [-0.2, 0) is 11.2 Å². The normalized spacial score (nSPS) is 20.2. The molecule has 28 heavy (non-hydrogen) atoms. The number of carbonyl (C=O) groups is 3. The van der Waals surface area contributed by atoms with Crippen LogP contribution in [0.2, 0.25) is 0 Å². The van der Waals surface area contributed by atoms with Crippen molar-refractivity contribution in [2.24, 2.45) is 0 Å². The van der Waals surface area contributed by atoms with Gasteiger partial charge in [-0.25, -0.2) is 0 Å². The minimum absolute atomic E-state index is 0.153. The van der Waals surface area contributed by atoms with E-state index in [4.69, 9.17) is 4.74 Å². The smallest absolute Gasteiger partial charge is 0.261 e. The molecule has 2 atom stereocenters. The van der Waals surface area contributed by atoms with Crippen molar-refractivity contribution in [3.05, 3.63) is 65.2 Å². The second-order valence-electron chi connectivity index (χ2n) is 7.20. The van der Waals surface area contributed by atoms with Gasteiger partial charge in [0, 0.05) is 25.4 Å². The van der Waals surface area contributed by atoms with E-state index in [0.29, 0.717) is 36.9 Å². The number of Topliss-reactive ketones (excluding diaryl/α,β-unsaturated/α-hetero) is 1. The molecule has 2 unspecified atom stereocenters. The molecule has 0 aliphatic carbocycles. The second-order valence-corrected chi connectivity index (χ2v) is 7.20. The first kappa shape index (κ1) is 18.4. The van der Waals surface area contributed by atoms with Gasteiger partial charge in [0.25, 0.3) is 11.8 Å². The van der Waals surface area contributed by atoms with E-state index in [0.717, 1.165) is 11.3 Å². The van der Waals surface area contributed by atoms with Crippen molar-refractivity contribution in [2.45, 2.75) is 31.3 Å². The number of ketones is 1. The highest BCUT2D eigenvalue weighted by molar-refractivity contribution is 6.21. The first-order valence-corrected chi connectivity index (χ1v) is 9.43. The van der Waals surface area contributed by atoms with Crippen LogP contribution in [-0.4, -0.2) is 48.2 Å². The number of fused-ring (bicyclic) bond motifs is 1. The van der Waals surface area contributed by atoms with Crippen molar-refractivity contribution in [1.82, 2.24) is 10.2 Å². The topological polar surface area (TPSA) is 75.7 Å². The van der Waals surface area contributed by atoms with Gasteiger partial charge in [0.05, 0.1) is 24.3 Å². The van der Waals surface area contributed by atoms with Gasteiger partial charge in [-0.2, -0.15) is 0 Å². The molecular weight excluding hydrogens is 356 g/mol. The monoisotopic (exact) mass is 378 g/mol. The summed E-state index contributed by atoms with van der Waals surface area (Å²) in [5, 5.41) is 3.35. The Morgan fingerprint density at radius 2 is 1.68 bits per heavy atom. The molecule has 2 amide bonds. The quantitative estimate of drug-likeness (QED) is 0.808. The molecule has 144 valence electrons. The number of hydrogen-bond donors (Lipinski definition) is 1. The van der Waals surface area contributed by atoms with E-state index in [9.17, 15) is 14.4 Å². The van der Waals surface area contributed by atoms with E-state index < -0.39 is 6.04 Å².